The van der Waals surface area contributed by atoms with Crippen molar-refractivity contribution in [3.8, 4) is 11.6 Å². The number of nitrogens with zero attached hydrogens (tertiary/aromatic N) is 2. The Morgan fingerprint density at radius 3 is 2.47 bits per heavy atom. The van der Waals surface area contributed by atoms with Crippen LogP contribution in [0.4, 0.5) is 18.9 Å². The van der Waals surface area contributed by atoms with Crippen molar-refractivity contribution >= 4 is 11.7 Å². The molecule has 0 aromatic carbocycles. The van der Waals surface area contributed by atoms with Crippen LogP contribution in [0.25, 0.3) is 0 Å². The first-order valence-corrected chi connectivity index (χ1v) is 4.37. The number of hydrogen-bond acceptors (Lipinski definition) is 6. The van der Waals surface area contributed by atoms with Crippen LogP contribution >= 0.6 is 0 Å². The first-order chi connectivity index (χ1) is 8.67. The van der Waals surface area contributed by atoms with Gasteiger partial charge in [-0.1, -0.05) is 0 Å². The van der Waals surface area contributed by atoms with Crippen LogP contribution in [0.3, 0.4) is 0 Å². The molecule has 104 valence electrons. The van der Waals surface area contributed by atoms with E-state index in [0.29, 0.717) is 6.20 Å². The lowest BCUT2D eigenvalue weighted by Crippen LogP contribution is -2.19. The zero-order valence-corrected chi connectivity index (χ0v) is 9.09. The molecule has 0 bridgehead atoms. The van der Waals surface area contributed by atoms with Crippen molar-refractivity contribution in [3.63, 3.8) is 0 Å². The average molecular weight is 282 g/mol. The van der Waals surface area contributed by atoms with E-state index in [9.17, 15) is 28.1 Å². The molecule has 0 aliphatic rings. The second kappa shape index (κ2) is 4.96. The fourth-order valence-corrected chi connectivity index (χ4v) is 1.17. The number of nitro groups is 1. The highest BCUT2D eigenvalue weighted by molar-refractivity contribution is 5.93. The molecule has 0 unspecified atom stereocenters. The van der Waals surface area contributed by atoms with Gasteiger partial charge in [0.2, 0.25) is 0 Å². The molecule has 1 heterocycles. The highest BCUT2D eigenvalue weighted by Gasteiger charge is 2.37. The first-order valence-electron chi connectivity index (χ1n) is 4.37. The lowest BCUT2D eigenvalue weighted by atomic mass is 10.2. The van der Waals surface area contributed by atoms with Crippen LogP contribution in [-0.2, 0) is 0 Å². The van der Waals surface area contributed by atoms with E-state index in [-0.39, 0.29) is 0 Å². The van der Waals surface area contributed by atoms with Crippen molar-refractivity contribution in [2.75, 3.05) is 7.11 Å². The number of hydrogen-bond donors (Lipinski definition) is 1. The summed E-state index contributed by atoms with van der Waals surface area (Å²) in [4.78, 5) is 23.3. The fraction of sp³-hybridized carbons (Fsp3) is 0.250. The molecule has 0 saturated carbocycles. The summed E-state index contributed by atoms with van der Waals surface area (Å²) in [5.74, 6) is -4.01. The summed E-state index contributed by atoms with van der Waals surface area (Å²) in [6, 6.07) is 0. The maximum atomic E-state index is 12.0. The standard InChI is InChI=1S/C8H5F3N2O6/c1-18-5-4(13(16)17)3(7(14)15)2-12-6(5)19-8(9,10)11/h2H,1H3,(H,14,15). The molecule has 0 fully saturated rings. The molecule has 19 heavy (non-hydrogen) atoms. The van der Waals surface area contributed by atoms with Gasteiger partial charge in [0.05, 0.1) is 18.2 Å². The van der Waals surface area contributed by atoms with Crippen molar-refractivity contribution in [2.45, 2.75) is 6.36 Å². The third kappa shape index (κ3) is 3.20. The summed E-state index contributed by atoms with van der Waals surface area (Å²) in [6.45, 7) is 0. The van der Waals surface area contributed by atoms with Crippen LogP contribution in [0.2, 0.25) is 0 Å². The SMILES string of the molecule is COc1c(OC(F)(F)F)ncc(C(=O)O)c1[N+](=O)[O-]. The second-order valence-electron chi connectivity index (χ2n) is 2.97. The van der Waals surface area contributed by atoms with Gasteiger partial charge in [-0.15, -0.1) is 13.2 Å². The highest BCUT2D eigenvalue weighted by Crippen LogP contribution is 2.39. The summed E-state index contributed by atoms with van der Waals surface area (Å²) in [7, 11) is 0.818. The molecule has 0 radical (unpaired) electrons. The van der Waals surface area contributed by atoms with Crippen molar-refractivity contribution in [3.05, 3.63) is 21.9 Å². The summed E-state index contributed by atoms with van der Waals surface area (Å²) in [6.07, 6.45) is -4.77. The van der Waals surface area contributed by atoms with Crippen molar-refractivity contribution in [1.29, 1.82) is 0 Å². The predicted molar refractivity (Wildman–Crippen MR) is 51.1 cm³/mol. The Bertz CT molecular complexity index is 530. The molecule has 0 aliphatic carbocycles. The van der Waals surface area contributed by atoms with Gasteiger partial charge in [-0.2, -0.15) is 0 Å². The smallest absolute Gasteiger partial charge is 0.486 e. The number of carboxylic acids is 1. The number of methoxy groups -OCH3 is 1. The Kier molecular flexibility index (Phi) is 3.77. The van der Waals surface area contributed by atoms with Crippen LogP contribution < -0.4 is 9.47 Å². The Morgan fingerprint density at radius 2 is 2.11 bits per heavy atom. The number of aromatic carboxylic acids is 1. The van der Waals surface area contributed by atoms with Crippen LogP contribution in [0.1, 0.15) is 10.4 Å². The third-order valence-electron chi connectivity index (χ3n) is 1.80. The average Bonchev–Trinajstić information content (AvgIpc) is 2.25. The number of ether oxygens (including phenoxy) is 2. The second-order valence-corrected chi connectivity index (χ2v) is 2.97. The maximum absolute atomic E-state index is 12.0. The quantitative estimate of drug-likeness (QED) is 0.659. The minimum atomic E-state index is -5.15. The zero-order valence-electron chi connectivity index (χ0n) is 9.09. The monoisotopic (exact) mass is 282 g/mol. The number of rotatable bonds is 4. The summed E-state index contributed by atoms with van der Waals surface area (Å²) in [5, 5.41) is 19.4. The lowest BCUT2D eigenvalue weighted by molar-refractivity contribution is -0.386. The van der Waals surface area contributed by atoms with Gasteiger partial charge in [0.15, 0.2) is 5.56 Å². The van der Waals surface area contributed by atoms with E-state index in [1.54, 1.807) is 0 Å². The molecule has 1 aromatic heterocycles. The fourth-order valence-electron chi connectivity index (χ4n) is 1.17. The molecule has 1 N–H and O–H groups in total. The topological polar surface area (TPSA) is 112 Å². The van der Waals surface area contributed by atoms with E-state index in [1.165, 1.54) is 0 Å². The van der Waals surface area contributed by atoms with Gasteiger partial charge in [-0.3, -0.25) is 10.1 Å². The van der Waals surface area contributed by atoms with Crippen molar-refractivity contribution < 1.29 is 37.5 Å². The molecular formula is C8H5F3N2O6. The number of pyridine rings is 1. The third-order valence-corrected chi connectivity index (χ3v) is 1.80. The minimum Gasteiger partial charge on any atom is -0.486 e. The van der Waals surface area contributed by atoms with Crippen molar-refractivity contribution in [2.24, 2.45) is 0 Å². The minimum absolute atomic E-state index is 0.379. The lowest BCUT2D eigenvalue weighted by Gasteiger charge is -2.11. The largest absolute Gasteiger partial charge is 0.574 e. The molecule has 0 spiro atoms. The molecule has 1 aromatic rings. The number of carboxylic acid groups (broad SMARTS) is 1. The molecule has 11 heteroatoms. The normalized spacial score (nSPS) is 10.9. The van der Waals surface area contributed by atoms with E-state index >= 15 is 0 Å². The van der Waals surface area contributed by atoms with Crippen LogP contribution in [0.5, 0.6) is 11.6 Å². The Morgan fingerprint density at radius 1 is 1.53 bits per heavy atom. The Hall–Kier alpha value is -2.59. The van der Waals surface area contributed by atoms with Gasteiger partial charge < -0.3 is 14.6 Å². The summed E-state index contributed by atoms with van der Waals surface area (Å²) >= 11 is 0. The van der Waals surface area contributed by atoms with E-state index in [4.69, 9.17) is 5.11 Å². The summed E-state index contributed by atoms with van der Waals surface area (Å²) < 4.78 is 43.9. The van der Waals surface area contributed by atoms with Crippen LogP contribution in [0, 0.1) is 10.1 Å². The van der Waals surface area contributed by atoms with E-state index < -0.39 is 40.1 Å². The van der Waals surface area contributed by atoms with E-state index in [0.717, 1.165) is 7.11 Å². The van der Waals surface area contributed by atoms with E-state index in [2.05, 4.69) is 14.5 Å². The molecule has 8 nitrogen and oxygen atoms in total. The number of halogens is 3. The highest BCUT2D eigenvalue weighted by atomic mass is 19.4. The summed E-state index contributed by atoms with van der Waals surface area (Å²) in [5.41, 5.74) is -2.10. The van der Waals surface area contributed by atoms with Crippen molar-refractivity contribution in [1.82, 2.24) is 4.98 Å². The number of aromatic nitrogens is 1. The number of alkyl halides is 3. The Labute approximate surface area is 102 Å². The predicted octanol–water partition coefficient (Wildman–Crippen LogP) is 1.60. The van der Waals surface area contributed by atoms with Gasteiger partial charge >= 0.3 is 18.0 Å². The zero-order chi connectivity index (χ0) is 14.8. The van der Waals surface area contributed by atoms with Gasteiger partial charge in [-0.25, -0.2) is 9.78 Å². The van der Waals surface area contributed by atoms with Gasteiger partial charge in [0.25, 0.3) is 11.6 Å². The molecule has 0 atom stereocenters. The molecular weight excluding hydrogens is 277 g/mol. The van der Waals surface area contributed by atoms with Crippen LogP contribution in [0.15, 0.2) is 6.20 Å². The maximum Gasteiger partial charge on any atom is 0.574 e. The van der Waals surface area contributed by atoms with Crippen LogP contribution in [-0.4, -0.2) is 34.5 Å². The van der Waals surface area contributed by atoms with Gasteiger partial charge in [0.1, 0.15) is 0 Å². The van der Waals surface area contributed by atoms with Gasteiger partial charge in [-0.05, 0) is 0 Å². The molecule has 0 amide bonds. The first kappa shape index (κ1) is 14.5. The van der Waals surface area contributed by atoms with E-state index in [1.807, 2.05) is 0 Å². The molecule has 1 rings (SSSR count). The molecule has 0 saturated heterocycles. The molecule has 0 aliphatic heterocycles. The van der Waals surface area contributed by atoms with Gasteiger partial charge in [0, 0.05) is 0 Å². The number of carbonyl (C=O) groups is 1. The Balaban J connectivity index is 3.49.